The van der Waals surface area contributed by atoms with E-state index in [1.54, 1.807) is 6.26 Å². The van der Waals surface area contributed by atoms with Gasteiger partial charge in [-0.2, -0.15) is 0 Å². The standard InChI is InChI=1S/C15H14BrN3O2/c16-13-6-2-1-5-12(13)15-19-18-14(21-15)10-17-8-7-11-4-3-9-20-11/h1-6,9,17H,7-8,10H2. The maximum Gasteiger partial charge on any atom is 0.248 e. The Bertz CT molecular complexity index is 695. The summed E-state index contributed by atoms with van der Waals surface area (Å²) < 4.78 is 11.9. The number of nitrogens with one attached hydrogen (secondary N) is 1. The zero-order valence-electron chi connectivity index (χ0n) is 11.3. The van der Waals surface area contributed by atoms with Crippen LogP contribution in [0, 0.1) is 0 Å². The van der Waals surface area contributed by atoms with Crippen LogP contribution in [0.15, 0.2) is 56.0 Å². The fourth-order valence-electron chi connectivity index (χ4n) is 1.93. The van der Waals surface area contributed by atoms with Gasteiger partial charge in [-0.15, -0.1) is 10.2 Å². The van der Waals surface area contributed by atoms with E-state index in [0.717, 1.165) is 28.8 Å². The first-order chi connectivity index (χ1) is 10.3. The molecule has 0 bridgehead atoms. The molecule has 1 aromatic carbocycles. The van der Waals surface area contributed by atoms with Gasteiger partial charge in [0.15, 0.2) is 0 Å². The lowest BCUT2D eigenvalue weighted by atomic mass is 10.2. The van der Waals surface area contributed by atoms with Crippen LogP contribution in [0.2, 0.25) is 0 Å². The van der Waals surface area contributed by atoms with Crippen molar-refractivity contribution in [3.8, 4) is 11.5 Å². The molecule has 0 atom stereocenters. The predicted octanol–water partition coefficient (Wildman–Crippen LogP) is 3.42. The summed E-state index contributed by atoms with van der Waals surface area (Å²) in [5, 5.41) is 11.4. The van der Waals surface area contributed by atoms with Crippen LogP contribution in [0.3, 0.4) is 0 Å². The molecule has 1 N–H and O–H groups in total. The average Bonchev–Trinajstić information content (AvgIpc) is 3.16. The average molecular weight is 348 g/mol. The molecule has 0 saturated carbocycles. The van der Waals surface area contributed by atoms with Crippen LogP contribution in [0.5, 0.6) is 0 Å². The van der Waals surface area contributed by atoms with E-state index in [1.165, 1.54) is 0 Å². The van der Waals surface area contributed by atoms with Crippen molar-refractivity contribution < 1.29 is 8.83 Å². The summed E-state index contributed by atoms with van der Waals surface area (Å²) in [5.74, 6) is 2.05. The molecule has 0 aliphatic carbocycles. The maximum atomic E-state index is 5.65. The summed E-state index contributed by atoms with van der Waals surface area (Å²) in [4.78, 5) is 0. The van der Waals surface area contributed by atoms with Gasteiger partial charge >= 0.3 is 0 Å². The zero-order valence-corrected chi connectivity index (χ0v) is 12.8. The van der Waals surface area contributed by atoms with Gasteiger partial charge in [0.25, 0.3) is 0 Å². The summed E-state index contributed by atoms with van der Waals surface area (Å²) in [7, 11) is 0. The van der Waals surface area contributed by atoms with Gasteiger partial charge in [-0.05, 0) is 40.2 Å². The number of nitrogens with zero attached hydrogens (tertiary/aromatic N) is 2. The van der Waals surface area contributed by atoms with Crippen molar-refractivity contribution in [3.63, 3.8) is 0 Å². The second-order valence-corrected chi connectivity index (χ2v) is 5.34. The third kappa shape index (κ3) is 3.59. The second-order valence-electron chi connectivity index (χ2n) is 4.49. The van der Waals surface area contributed by atoms with E-state index in [-0.39, 0.29) is 0 Å². The van der Waals surface area contributed by atoms with Crippen LogP contribution in [-0.2, 0) is 13.0 Å². The summed E-state index contributed by atoms with van der Waals surface area (Å²) in [6.45, 7) is 1.33. The van der Waals surface area contributed by atoms with Gasteiger partial charge in [0.2, 0.25) is 11.8 Å². The summed E-state index contributed by atoms with van der Waals surface area (Å²) in [6, 6.07) is 11.6. The third-order valence-electron chi connectivity index (χ3n) is 2.98. The number of benzene rings is 1. The fourth-order valence-corrected chi connectivity index (χ4v) is 2.38. The molecule has 3 rings (SSSR count). The highest BCUT2D eigenvalue weighted by Gasteiger charge is 2.10. The highest BCUT2D eigenvalue weighted by molar-refractivity contribution is 9.10. The van der Waals surface area contributed by atoms with E-state index in [1.807, 2.05) is 36.4 Å². The molecule has 3 aromatic rings. The smallest absolute Gasteiger partial charge is 0.248 e. The van der Waals surface area contributed by atoms with Crippen LogP contribution in [-0.4, -0.2) is 16.7 Å². The molecule has 0 fully saturated rings. The largest absolute Gasteiger partial charge is 0.469 e. The lowest BCUT2D eigenvalue weighted by Crippen LogP contribution is -2.16. The summed E-state index contributed by atoms with van der Waals surface area (Å²) in [5.41, 5.74) is 0.895. The number of aromatic nitrogens is 2. The van der Waals surface area contributed by atoms with Gasteiger partial charge in [-0.25, -0.2) is 0 Å². The molecule has 108 valence electrons. The van der Waals surface area contributed by atoms with Crippen molar-refractivity contribution >= 4 is 15.9 Å². The Balaban J connectivity index is 1.55. The minimum Gasteiger partial charge on any atom is -0.469 e. The molecule has 21 heavy (non-hydrogen) atoms. The fraction of sp³-hybridized carbons (Fsp3) is 0.200. The van der Waals surface area contributed by atoms with Gasteiger partial charge in [0.1, 0.15) is 5.76 Å². The number of rotatable bonds is 6. The van der Waals surface area contributed by atoms with E-state index < -0.39 is 0 Å². The van der Waals surface area contributed by atoms with Gasteiger partial charge in [-0.1, -0.05) is 12.1 Å². The lowest BCUT2D eigenvalue weighted by Gasteiger charge is -2.00. The van der Waals surface area contributed by atoms with Crippen LogP contribution in [0.25, 0.3) is 11.5 Å². The molecular formula is C15H14BrN3O2. The molecule has 0 unspecified atom stereocenters. The van der Waals surface area contributed by atoms with Crippen molar-refractivity contribution in [2.45, 2.75) is 13.0 Å². The van der Waals surface area contributed by atoms with Crippen LogP contribution in [0.1, 0.15) is 11.7 Å². The van der Waals surface area contributed by atoms with Crippen LogP contribution in [0.4, 0.5) is 0 Å². The first-order valence-corrected chi connectivity index (χ1v) is 7.42. The topological polar surface area (TPSA) is 64.1 Å². The minimum absolute atomic E-state index is 0.519. The van der Waals surface area contributed by atoms with Gasteiger partial charge < -0.3 is 14.2 Å². The quantitative estimate of drug-likeness (QED) is 0.692. The number of halogens is 1. The first-order valence-electron chi connectivity index (χ1n) is 6.63. The number of furan rings is 1. The molecule has 0 saturated heterocycles. The van der Waals surface area contributed by atoms with Crippen LogP contribution >= 0.6 is 15.9 Å². The van der Waals surface area contributed by atoms with Crippen molar-refractivity contribution in [2.24, 2.45) is 0 Å². The molecule has 6 heteroatoms. The molecule has 5 nitrogen and oxygen atoms in total. The number of hydrogen-bond donors (Lipinski definition) is 1. The van der Waals surface area contributed by atoms with Crippen molar-refractivity contribution in [2.75, 3.05) is 6.54 Å². The predicted molar refractivity (Wildman–Crippen MR) is 81.6 cm³/mol. The maximum absolute atomic E-state index is 5.65. The van der Waals surface area contributed by atoms with Gasteiger partial charge in [-0.3, -0.25) is 0 Å². The van der Waals surface area contributed by atoms with Crippen molar-refractivity contribution in [1.82, 2.24) is 15.5 Å². The van der Waals surface area contributed by atoms with E-state index in [0.29, 0.717) is 18.3 Å². The minimum atomic E-state index is 0.519. The van der Waals surface area contributed by atoms with Gasteiger partial charge in [0, 0.05) is 17.4 Å². The molecule has 0 aliphatic rings. The molecule has 0 radical (unpaired) electrons. The Kier molecular flexibility index (Phi) is 4.47. The molecule has 0 aliphatic heterocycles. The highest BCUT2D eigenvalue weighted by atomic mass is 79.9. The normalized spacial score (nSPS) is 10.9. The third-order valence-corrected chi connectivity index (χ3v) is 3.67. The second kappa shape index (κ2) is 6.69. The Morgan fingerprint density at radius 1 is 1.10 bits per heavy atom. The van der Waals surface area contributed by atoms with E-state index in [4.69, 9.17) is 8.83 Å². The molecule has 2 aromatic heterocycles. The monoisotopic (exact) mass is 347 g/mol. The molecular weight excluding hydrogens is 334 g/mol. The zero-order chi connectivity index (χ0) is 14.5. The molecule has 0 spiro atoms. The van der Waals surface area contributed by atoms with Crippen molar-refractivity contribution in [1.29, 1.82) is 0 Å². The Morgan fingerprint density at radius 2 is 2.00 bits per heavy atom. The van der Waals surface area contributed by atoms with Crippen LogP contribution < -0.4 is 5.32 Å². The Labute approximate surface area is 130 Å². The van der Waals surface area contributed by atoms with E-state index >= 15 is 0 Å². The summed E-state index contributed by atoms with van der Waals surface area (Å²) in [6.07, 6.45) is 2.51. The van der Waals surface area contributed by atoms with Gasteiger partial charge in [0.05, 0.1) is 18.4 Å². The first kappa shape index (κ1) is 14.0. The SMILES string of the molecule is Brc1ccccc1-c1nnc(CNCCc2ccco2)o1. The van der Waals surface area contributed by atoms with E-state index in [2.05, 4.69) is 31.4 Å². The summed E-state index contributed by atoms with van der Waals surface area (Å²) >= 11 is 3.47. The molecule has 2 heterocycles. The Hall–Kier alpha value is -1.92. The van der Waals surface area contributed by atoms with Crippen molar-refractivity contribution in [3.05, 3.63) is 58.8 Å². The Morgan fingerprint density at radius 3 is 2.81 bits per heavy atom. The number of hydrogen-bond acceptors (Lipinski definition) is 5. The van der Waals surface area contributed by atoms with E-state index in [9.17, 15) is 0 Å². The highest BCUT2D eigenvalue weighted by Crippen LogP contribution is 2.26. The lowest BCUT2D eigenvalue weighted by molar-refractivity contribution is 0.464. The molecule has 0 amide bonds.